The summed E-state index contributed by atoms with van der Waals surface area (Å²) in [4.78, 5) is 17.5. The Morgan fingerprint density at radius 2 is 1.43 bits per heavy atom. The summed E-state index contributed by atoms with van der Waals surface area (Å²) in [7, 11) is 1.57. The average molecular weight is 421 g/mol. The van der Waals surface area contributed by atoms with E-state index in [9.17, 15) is 4.79 Å². The maximum Gasteiger partial charge on any atom is 0.257 e. The van der Waals surface area contributed by atoms with Crippen LogP contribution in [0.2, 0.25) is 5.02 Å². The molecule has 4 rings (SSSR count). The first-order chi connectivity index (χ1) is 14.7. The molecule has 0 saturated carbocycles. The Kier molecular flexibility index (Phi) is 6.36. The summed E-state index contributed by atoms with van der Waals surface area (Å²) in [6, 6.07) is 26.4. The molecule has 0 unspecified atom stereocenters. The van der Waals surface area contributed by atoms with Gasteiger partial charge in [0.1, 0.15) is 5.75 Å². The van der Waals surface area contributed by atoms with Crippen LogP contribution in [-0.2, 0) is 0 Å². The molecule has 0 bridgehead atoms. The third-order valence-electron chi connectivity index (χ3n) is 5.59. The van der Waals surface area contributed by atoms with Crippen molar-refractivity contribution in [1.82, 2.24) is 9.80 Å². The van der Waals surface area contributed by atoms with E-state index in [1.165, 1.54) is 11.1 Å². The van der Waals surface area contributed by atoms with E-state index in [1.54, 1.807) is 25.3 Å². The second kappa shape index (κ2) is 9.33. The Bertz CT molecular complexity index is 947. The van der Waals surface area contributed by atoms with E-state index in [2.05, 4.69) is 53.4 Å². The van der Waals surface area contributed by atoms with Gasteiger partial charge < -0.3 is 9.64 Å². The van der Waals surface area contributed by atoms with Gasteiger partial charge in [-0.15, -0.1) is 0 Å². The number of halogens is 1. The van der Waals surface area contributed by atoms with Crippen molar-refractivity contribution in [2.24, 2.45) is 0 Å². The minimum Gasteiger partial charge on any atom is -0.496 e. The summed E-state index contributed by atoms with van der Waals surface area (Å²) >= 11 is 6.12. The molecule has 3 aromatic carbocycles. The number of hydrogen-bond acceptors (Lipinski definition) is 3. The number of piperazine rings is 1. The predicted molar refractivity (Wildman–Crippen MR) is 120 cm³/mol. The van der Waals surface area contributed by atoms with Crippen LogP contribution in [0.1, 0.15) is 27.5 Å². The lowest BCUT2D eigenvalue weighted by Gasteiger charge is -2.40. The van der Waals surface area contributed by atoms with Crippen LogP contribution >= 0.6 is 11.6 Å². The van der Waals surface area contributed by atoms with Gasteiger partial charge in [0.2, 0.25) is 0 Å². The Labute approximate surface area is 182 Å². The van der Waals surface area contributed by atoms with Gasteiger partial charge in [-0.1, -0.05) is 72.3 Å². The zero-order valence-electron chi connectivity index (χ0n) is 17.0. The quantitative estimate of drug-likeness (QED) is 0.588. The van der Waals surface area contributed by atoms with Gasteiger partial charge >= 0.3 is 0 Å². The van der Waals surface area contributed by atoms with Crippen LogP contribution in [0, 0.1) is 0 Å². The number of benzene rings is 3. The highest BCUT2D eigenvalue weighted by atomic mass is 35.5. The van der Waals surface area contributed by atoms with E-state index in [0.29, 0.717) is 29.4 Å². The zero-order chi connectivity index (χ0) is 20.9. The standard InChI is InChI=1S/C25H25ClN2O2/c1-30-23-13-12-21(26)18-22(23)25(29)28-16-14-27(15-17-28)24(19-8-4-2-5-9-19)20-10-6-3-7-11-20/h2-13,18,24H,14-17H2,1H3. The number of nitrogens with zero attached hydrogens (tertiary/aromatic N) is 2. The van der Waals surface area contributed by atoms with Gasteiger partial charge in [0.25, 0.3) is 5.91 Å². The van der Waals surface area contributed by atoms with Crippen molar-refractivity contribution in [3.05, 3.63) is 101 Å². The van der Waals surface area contributed by atoms with Crippen LogP contribution < -0.4 is 4.74 Å². The van der Waals surface area contributed by atoms with Gasteiger partial charge in [-0.3, -0.25) is 9.69 Å². The van der Waals surface area contributed by atoms with Gasteiger partial charge in [-0.2, -0.15) is 0 Å². The lowest BCUT2D eigenvalue weighted by atomic mass is 9.96. The highest BCUT2D eigenvalue weighted by Crippen LogP contribution is 2.30. The van der Waals surface area contributed by atoms with Crippen LogP contribution in [0.5, 0.6) is 5.75 Å². The fourth-order valence-corrected chi connectivity index (χ4v) is 4.26. The lowest BCUT2D eigenvalue weighted by Crippen LogP contribution is -2.49. The second-order valence-electron chi connectivity index (χ2n) is 7.40. The number of ether oxygens (including phenoxy) is 1. The van der Waals surface area contributed by atoms with Gasteiger partial charge in [0.05, 0.1) is 18.7 Å². The molecular formula is C25H25ClN2O2. The summed E-state index contributed by atoms with van der Waals surface area (Å²) < 4.78 is 5.37. The molecule has 0 radical (unpaired) electrons. The van der Waals surface area contributed by atoms with Gasteiger partial charge in [0.15, 0.2) is 0 Å². The molecule has 154 valence electrons. The number of hydrogen-bond donors (Lipinski definition) is 0. The third-order valence-corrected chi connectivity index (χ3v) is 5.82. The van der Waals surface area contributed by atoms with E-state index in [-0.39, 0.29) is 11.9 Å². The molecule has 0 aromatic heterocycles. The molecule has 1 aliphatic heterocycles. The third kappa shape index (κ3) is 4.35. The smallest absolute Gasteiger partial charge is 0.257 e. The number of amides is 1. The van der Waals surface area contributed by atoms with Crippen molar-refractivity contribution < 1.29 is 9.53 Å². The largest absolute Gasteiger partial charge is 0.496 e. The maximum absolute atomic E-state index is 13.1. The molecule has 1 heterocycles. The van der Waals surface area contributed by atoms with Gasteiger partial charge in [0, 0.05) is 31.2 Å². The molecular weight excluding hydrogens is 396 g/mol. The summed E-state index contributed by atoms with van der Waals surface area (Å²) in [5.41, 5.74) is 3.04. The molecule has 4 nitrogen and oxygen atoms in total. The molecule has 3 aromatic rings. The first-order valence-corrected chi connectivity index (χ1v) is 10.5. The average Bonchev–Trinajstić information content (AvgIpc) is 2.81. The number of rotatable bonds is 5. The summed E-state index contributed by atoms with van der Waals surface area (Å²) in [6.45, 7) is 2.90. The van der Waals surface area contributed by atoms with Crippen molar-refractivity contribution in [3.8, 4) is 5.75 Å². The number of carbonyl (C=O) groups is 1. The first-order valence-electron chi connectivity index (χ1n) is 10.1. The molecule has 5 heteroatoms. The number of methoxy groups -OCH3 is 1. The van der Waals surface area contributed by atoms with Crippen LogP contribution in [0.3, 0.4) is 0 Å². The molecule has 1 aliphatic rings. The summed E-state index contributed by atoms with van der Waals surface area (Å²) in [5.74, 6) is 0.517. The molecule has 0 N–H and O–H groups in total. The van der Waals surface area contributed by atoms with Crippen molar-refractivity contribution in [2.45, 2.75) is 6.04 Å². The Balaban J connectivity index is 1.53. The van der Waals surface area contributed by atoms with E-state index >= 15 is 0 Å². The van der Waals surface area contributed by atoms with Crippen molar-refractivity contribution in [1.29, 1.82) is 0 Å². The Hall–Kier alpha value is -2.82. The SMILES string of the molecule is COc1ccc(Cl)cc1C(=O)N1CCN(C(c2ccccc2)c2ccccc2)CC1. The second-order valence-corrected chi connectivity index (χ2v) is 7.83. The van der Waals surface area contributed by atoms with E-state index < -0.39 is 0 Å². The predicted octanol–water partition coefficient (Wildman–Crippen LogP) is 4.90. The van der Waals surface area contributed by atoms with E-state index in [0.717, 1.165) is 13.1 Å². The topological polar surface area (TPSA) is 32.8 Å². The molecule has 0 aliphatic carbocycles. The molecule has 0 spiro atoms. The highest BCUT2D eigenvalue weighted by molar-refractivity contribution is 6.31. The van der Waals surface area contributed by atoms with Crippen LogP contribution in [0.4, 0.5) is 0 Å². The molecule has 0 atom stereocenters. The zero-order valence-corrected chi connectivity index (χ0v) is 17.8. The highest BCUT2D eigenvalue weighted by Gasteiger charge is 2.29. The minimum atomic E-state index is -0.0371. The lowest BCUT2D eigenvalue weighted by molar-refractivity contribution is 0.0594. The molecule has 30 heavy (non-hydrogen) atoms. The number of carbonyl (C=O) groups excluding carboxylic acids is 1. The van der Waals surface area contributed by atoms with Crippen molar-refractivity contribution in [3.63, 3.8) is 0 Å². The van der Waals surface area contributed by atoms with E-state index in [4.69, 9.17) is 16.3 Å². The van der Waals surface area contributed by atoms with Crippen molar-refractivity contribution in [2.75, 3.05) is 33.3 Å². The Morgan fingerprint density at radius 1 is 0.867 bits per heavy atom. The summed E-state index contributed by atoms with van der Waals surface area (Å²) in [6.07, 6.45) is 0. The van der Waals surface area contributed by atoms with Crippen molar-refractivity contribution >= 4 is 17.5 Å². The summed E-state index contributed by atoms with van der Waals surface area (Å²) in [5, 5.41) is 0.533. The van der Waals surface area contributed by atoms with Crippen LogP contribution in [0.15, 0.2) is 78.9 Å². The molecule has 1 amide bonds. The normalized spacial score (nSPS) is 14.7. The Morgan fingerprint density at radius 3 is 1.97 bits per heavy atom. The monoisotopic (exact) mass is 420 g/mol. The van der Waals surface area contributed by atoms with Gasteiger partial charge in [-0.25, -0.2) is 0 Å². The van der Waals surface area contributed by atoms with Gasteiger partial charge in [-0.05, 0) is 29.3 Å². The molecule has 1 saturated heterocycles. The van der Waals surface area contributed by atoms with E-state index in [1.807, 2.05) is 17.0 Å². The minimum absolute atomic E-state index is 0.0371. The van der Waals surface area contributed by atoms with Crippen LogP contribution in [0.25, 0.3) is 0 Å². The first kappa shape index (κ1) is 20.5. The maximum atomic E-state index is 13.1. The van der Waals surface area contributed by atoms with Crippen LogP contribution in [-0.4, -0.2) is 49.0 Å². The fraction of sp³-hybridized carbons (Fsp3) is 0.240. The molecule has 1 fully saturated rings. The fourth-order valence-electron chi connectivity index (χ4n) is 4.09.